The molecule has 3 heterocycles. The largest absolute Gasteiger partial charge is 0.354 e. The quantitative estimate of drug-likeness (QED) is 0.795. The molecule has 0 radical (unpaired) electrons. The van der Waals surface area contributed by atoms with Gasteiger partial charge in [0.25, 0.3) is 0 Å². The summed E-state index contributed by atoms with van der Waals surface area (Å²) in [4.78, 5) is 16.9. The van der Waals surface area contributed by atoms with E-state index in [-0.39, 0.29) is 11.3 Å². The molecule has 0 bridgehead atoms. The average Bonchev–Trinajstić information content (AvgIpc) is 2.78. The first-order chi connectivity index (χ1) is 10.1. The van der Waals surface area contributed by atoms with Crippen LogP contribution in [0.15, 0.2) is 24.8 Å². The summed E-state index contributed by atoms with van der Waals surface area (Å²) in [6, 6.07) is 3.98. The molecule has 0 aromatic carbocycles. The van der Waals surface area contributed by atoms with Crippen molar-refractivity contribution in [3.8, 4) is 0 Å². The molecule has 0 saturated carbocycles. The molecule has 21 heavy (non-hydrogen) atoms. The molecule has 2 saturated heterocycles. The number of carbonyl (C=O) groups is 1. The van der Waals surface area contributed by atoms with Crippen molar-refractivity contribution in [1.82, 2.24) is 15.1 Å². The summed E-state index contributed by atoms with van der Waals surface area (Å²) in [5.41, 5.74) is 0.688. The Balaban J connectivity index is 1.78. The first kappa shape index (κ1) is 14.0. The van der Waals surface area contributed by atoms with E-state index >= 15 is 0 Å². The molecule has 5 nitrogen and oxygen atoms in total. The highest BCUT2D eigenvalue weighted by atomic mass is 16.2. The van der Waals surface area contributed by atoms with Crippen molar-refractivity contribution in [2.75, 3.05) is 31.1 Å². The molecule has 5 heteroatoms. The molecule has 2 aliphatic heterocycles. The van der Waals surface area contributed by atoms with E-state index in [1.807, 2.05) is 30.0 Å². The Morgan fingerprint density at radius 3 is 2.90 bits per heavy atom. The summed E-state index contributed by atoms with van der Waals surface area (Å²) < 4.78 is 0. The van der Waals surface area contributed by atoms with Crippen molar-refractivity contribution in [3.05, 3.63) is 30.5 Å². The molecule has 1 aromatic rings. The molecule has 1 unspecified atom stereocenters. The molecule has 0 N–H and O–H groups in total. The lowest BCUT2D eigenvalue weighted by Gasteiger charge is -2.39. The van der Waals surface area contributed by atoms with Gasteiger partial charge in [0.2, 0.25) is 5.91 Å². The van der Waals surface area contributed by atoms with E-state index in [2.05, 4.69) is 21.7 Å². The number of amides is 1. The van der Waals surface area contributed by atoms with E-state index in [0.29, 0.717) is 6.54 Å². The highest BCUT2D eigenvalue weighted by Crippen LogP contribution is 2.40. The summed E-state index contributed by atoms with van der Waals surface area (Å²) in [6.07, 6.45) is 4.76. The minimum Gasteiger partial charge on any atom is -0.354 e. The van der Waals surface area contributed by atoms with Crippen LogP contribution in [0.25, 0.3) is 0 Å². The fraction of sp³-hybridized carbons (Fsp3) is 0.562. The van der Waals surface area contributed by atoms with E-state index in [0.717, 1.165) is 50.4 Å². The number of carbonyl (C=O) groups excluding carboxylic acids is 1. The van der Waals surface area contributed by atoms with Crippen molar-refractivity contribution in [1.29, 1.82) is 0 Å². The summed E-state index contributed by atoms with van der Waals surface area (Å²) in [5.74, 6) is 1.17. The topological polar surface area (TPSA) is 49.3 Å². The Morgan fingerprint density at radius 2 is 2.19 bits per heavy atom. The minimum absolute atomic E-state index is 0.228. The third-order valence-electron chi connectivity index (χ3n) is 4.64. The highest BCUT2D eigenvalue weighted by Gasteiger charge is 2.48. The molecule has 2 fully saturated rings. The Labute approximate surface area is 125 Å². The Kier molecular flexibility index (Phi) is 3.66. The predicted molar refractivity (Wildman–Crippen MR) is 82.0 cm³/mol. The summed E-state index contributed by atoms with van der Waals surface area (Å²) in [5, 5.41) is 8.40. The van der Waals surface area contributed by atoms with Gasteiger partial charge in [0.1, 0.15) is 0 Å². The minimum atomic E-state index is -0.228. The summed E-state index contributed by atoms with van der Waals surface area (Å²) >= 11 is 0. The maximum atomic E-state index is 12.7. The lowest BCUT2D eigenvalue weighted by atomic mass is 9.78. The molecule has 3 rings (SSSR count). The second-order valence-electron chi connectivity index (χ2n) is 6.13. The maximum absolute atomic E-state index is 12.7. The zero-order chi connectivity index (χ0) is 14.9. The van der Waals surface area contributed by atoms with E-state index in [1.165, 1.54) is 0 Å². The van der Waals surface area contributed by atoms with Crippen LogP contribution in [-0.2, 0) is 4.79 Å². The van der Waals surface area contributed by atoms with Crippen LogP contribution in [0.4, 0.5) is 5.82 Å². The Bertz CT molecular complexity index is 542. The zero-order valence-corrected chi connectivity index (χ0v) is 12.6. The fourth-order valence-corrected chi connectivity index (χ4v) is 3.49. The van der Waals surface area contributed by atoms with Gasteiger partial charge in [0.15, 0.2) is 5.82 Å². The van der Waals surface area contributed by atoms with Gasteiger partial charge in [-0.2, -0.15) is 5.10 Å². The number of nitrogens with zero attached hydrogens (tertiary/aromatic N) is 4. The standard InChI is InChI=1S/C16H22N4O/c1-3-9-19-11-8-16(15(19)21)7-4-10-20(12-16)14-6-5-13(2)17-18-14/h3,5-6H,1,4,7-12H2,2H3. The van der Waals surface area contributed by atoms with Crippen molar-refractivity contribution >= 4 is 11.7 Å². The first-order valence-corrected chi connectivity index (χ1v) is 7.60. The number of aryl methyl sites for hydroxylation is 1. The Morgan fingerprint density at radius 1 is 1.33 bits per heavy atom. The lowest BCUT2D eigenvalue weighted by Crippen LogP contribution is -2.48. The lowest BCUT2D eigenvalue weighted by molar-refractivity contribution is -0.136. The average molecular weight is 286 g/mol. The molecule has 1 amide bonds. The monoisotopic (exact) mass is 286 g/mol. The van der Waals surface area contributed by atoms with Gasteiger partial charge in [-0.1, -0.05) is 6.08 Å². The zero-order valence-electron chi connectivity index (χ0n) is 12.6. The maximum Gasteiger partial charge on any atom is 0.230 e. The van der Waals surface area contributed by atoms with Gasteiger partial charge in [0, 0.05) is 26.2 Å². The molecule has 1 atom stereocenters. The third-order valence-corrected chi connectivity index (χ3v) is 4.64. The molecular weight excluding hydrogens is 264 g/mol. The number of likely N-dealkylation sites (tertiary alicyclic amines) is 1. The SMILES string of the molecule is C=CCN1CCC2(CCCN(c3ccc(C)nn3)C2)C1=O. The van der Waals surface area contributed by atoms with Gasteiger partial charge in [0.05, 0.1) is 11.1 Å². The second-order valence-corrected chi connectivity index (χ2v) is 6.13. The van der Waals surface area contributed by atoms with Crippen molar-refractivity contribution in [2.24, 2.45) is 5.41 Å². The molecule has 112 valence electrons. The predicted octanol–water partition coefficient (Wildman–Crippen LogP) is 1.79. The number of piperidine rings is 1. The molecule has 2 aliphatic rings. The van der Waals surface area contributed by atoms with Gasteiger partial charge < -0.3 is 9.80 Å². The van der Waals surface area contributed by atoms with Crippen LogP contribution in [0.3, 0.4) is 0 Å². The Hall–Kier alpha value is -1.91. The van der Waals surface area contributed by atoms with Crippen LogP contribution in [0.2, 0.25) is 0 Å². The summed E-state index contributed by atoms with van der Waals surface area (Å²) in [7, 11) is 0. The van der Waals surface area contributed by atoms with Crippen LogP contribution < -0.4 is 4.90 Å². The van der Waals surface area contributed by atoms with Crippen LogP contribution in [0.1, 0.15) is 25.0 Å². The third kappa shape index (κ3) is 2.52. The normalized spacial score (nSPS) is 25.7. The van der Waals surface area contributed by atoms with Gasteiger partial charge in [-0.25, -0.2) is 0 Å². The molecule has 1 spiro atoms. The van der Waals surface area contributed by atoms with E-state index in [1.54, 1.807) is 0 Å². The van der Waals surface area contributed by atoms with E-state index in [4.69, 9.17) is 0 Å². The van der Waals surface area contributed by atoms with Crippen LogP contribution in [-0.4, -0.2) is 47.2 Å². The van der Waals surface area contributed by atoms with E-state index in [9.17, 15) is 4.79 Å². The first-order valence-electron chi connectivity index (χ1n) is 7.60. The van der Waals surface area contributed by atoms with Gasteiger partial charge in [-0.15, -0.1) is 11.7 Å². The van der Waals surface area contributed by atoms with Crippen LogP contribution in [0.5, 0.6) is 0 Å². The van der Waals surface area contributed by atoms with Gasteiger partial charge >= 0.3 is 0 Å². The number of aromatic nitrogens is 2. The van der Waals surface area contributed by atoms with E-state index < -0.39 is 0 Å². The van der Waals surface area contributed by atoms with Crippen molar-refractivity contribution < 1.29 is 4.79 Å². The fourth-order valence-electron chi connectivity index (χ4n) is 3.49. The number of anilines is 1. The van der Waals surface area contributed by atoms with Gasteiger partial charge in [-0.05, 0) is 38.3 Å². The van der Waals surface area contributed by atoms with Crippen molar-refractivity contribution in [3.63, 3.8) is 0 Å². The van der Waals surface area contributed by atoms with Crippen molar-refractivity contribution in [2.45, 2.75) is 26.2 Å². The summed E-state index contributed by atoms with van der Waals surface area (Å²) in [6.45, 7) is 8.89. The molecular formula is C16H22N4O. The van der Waals surface area contributed by atoms with Crippen LogP contribution in [0, 0.1) is 12.3 Å². The number of rotatable bonds is 3. The second kappa shape index (κ2) is 5.47. The number of hydrogen-bond acceptors (Lipinski definition) is 4. The van der Waals surface area contributed by atoms with Gasteiger partial charge in [-0.3, -0.25) is 4.79 Å². The number of hydrogen-bond donors (Lipinski definition) is 0. The molecule has 0 aliphatic carbocycles. The highest BCUT2D eigenvalue weighted by molar-refractivity contribution is 5.86. The smallest absolute Gasteiger partial charge is 0.230 e. The molecule has 1 aromatic heterocycles. The van der Waals surface area contributed by atoms with Crippen LogP contribution >= 0.6 is 0 Å².